The number of hydrogen-bond donors (Lipinski definition) is 0. The van der Waals surface area contributed by atoms with Gasteiger partial charge in [0.05, 0.1) is 18.2 Å². The number of hydrogen-bond acceptors (Lipinski definition) is 3. The van der Waals surface area contributed by atoms with E-state index in [1.165, 1.54) is 5.56 Å². The molecule has 0 N–H and O–H groups in total. The third-order valence-electron chi connectivity index (χ3n) is 3.29. The lowest BCUT2D eigenvalue weighted by atomic mass is 10.1. The molecule has 0 unspecified atom stereocenters. The first-order chi connectivity index (χ1) is 8.85. The molecule has 3 rings (SSSR count). The minimum atomic E-state index is 0.728. The van der Waals surface area contributed by atoms with Gasteiger partial charge in [-0.2, -0.15) is 5.26 Å². The monoisotopic (exact) mass is 238 g/mol. The summed E-state index contributed by atoms with van der Waals surface area (Å²) in [5.74, 6) is 1.12. The number of rotatable bonds is 2. The second kappa shape index (κ2) is 4.63. The van der Waals surface area contributed by atoms with E-state index in [9.17, 15) is 0 Å². The van der Waals surface area contributed by atoms with E-state index < -0.39 is 0 Å². The highest BCUT2D eigenvalue weighted by atomic mass is 15.2. The summed E-state index contributed by atoms with van der Waals surface area (Å²) >= 11 is 0. The van der Waals surface area contributed by atoms with Crippen molar-refractivity contribution in [3.8, 4) is 6.07 Å². The van der Waals surface area contributed by atoms with Crippen LogP contribution in [0.15, 0.2) is 36.7 Å². The predicted molar refractivity (Wildman–Crippen MR) is 67.5 cm³/mol. The van der Waals surface area contributed by atoms with Gasteiger partial charge in [0.1, 0.15) is 5.82 Å². The Balaban J connectivity index is 1.73. The van der Waals surface area contributed by atoms with Crippen molar-refractivity contribution < 1.29 is 0 Å². The molecular formula is C14H14N4. The highest BCUT2D eigenvalue weighted by Crippen LogP contribution is 2.14. The Bertz CT molecular complexity index is 594. The zero-order valence-corrected chi connectivity index (χ0v) is 10.1. The van der Waals surface area contributed by atoms with Crippen LogP contribution in [0.2, 0.25) is 0 Å². The molecule has 0 atom stereocenters. The van der Waals surface area contributed by atoms with Gasteiger partial charge in [0.15, 0.2) is 0 Å². The molecular weight excluding hydrogens is 224 g/mol. The summed E-state index contributed by atoms with van der Waals surface area (Å²) in [5, 5.41) is 8.89. The number of nitrogens with zero attached hydrogens (tertiary/aromatic N) is 4. The molecule has 4 heteroatoms. The minimum Gasteiger partial charge on any atom is -0.333 e. The predicted octanol–water partition coefficient (Wildman–Crippen LogP) is 1.77. The average Bonchev–Trinajstić information content (AvgIpc) is 2.86. The van der Waals surface area contributed by atoms with E-state index in [1.54, 1.807) is 0 Å². The Morgan fingerprint density at radius 1 is 1.33 bits per heavy atom. The highest BCUT2D eigenvalue weighted by Gasteiger charge is 2.16. The van der Waals surface area contributed by atoms with Crippen molar-refractivity contribution in [2.24, 2.45) is 0 Å². The first kappa shape index (κ1) is 11.0. The van der Waals surface area contributed by atoms with Crippen molar-refractivity contribution in [2.75, 3.05) is 6.54 Å². The largest absolute Gasteiger partial charge is 0.333 e. The molecule has 1 aromatic heterocycles. The van der Waals surface area contributed by atoms with Crippen molar-refractivity contribution in [2.45, 2.75) is 19.6 Å². The van der Waals surface area contributed by atoms with E-state index >= 15 is 0 Å². The van der Waals surface area contributed by atoms with Gasteiger partial charge in [-0.15, -0.1) is 0 Å². The van der Waals surface area contributed by atoms with Crippen molar-refractivity contribution >= 4 is 0 Å². The molecule has 18 heavy (non-hydrogen) atoms. The summed E-state index contributed by atoms with van der Waals surface area (Å²) in [5.41, 5.74) is 1.92. The number of benzene rings is 1. The quantitative estimate of drug-likeness (QED) is 0.801. The summed E-state index contributed by atoms with van der Waals surface area (Å²) < 4.78 is 2.20. The summed E-state index contributed by atoms with van der Waals surface area (Å²) in [7, 11) is 0. The molecule has 0 saturated heterocycles. The Morgan fingerprint density at radius 3 is 3.17 bits per heavy atom. The Hall–Kier alpha value is -2.12. The van der Waals surface area contributed by atoms with E-state index in [0.717, 1.165) is 37.6 Å². The number of nitriles is 1. The maximum atomic E-state index is 8.89. The lowest BCUT2D eigenvalue weighted by Gasteiger charge is -2.27. The van der Waals surface area contributed by atoms with Crippen LogP contribution >= 0.6 is 0 Å². The molecule has 0 amide bonds. The highest BCUT2D eigenvalue weighted by molar-refractivity contribution is 5.32. The van der Waals surface area contributed by atoms with Gasteiger partial charge in [-0.1, -0.05) is 12.1 Å². The van der Waals surface area contributed by atoms with Crippen LogP contribution in [0.3, 0.4) is 0 Å². The number of imidazole rings is 1. The van der Waals surface area contributed by atoms with Gasteiger partial charge in [0.2, 0.25) is 0 Å². The summed E-state index contributed by atoms with van der Waals surface area (Å²) in [6, 6.07) is 9.99. The lowest BCUT2D eigenvalue weighted by Crippen LogP contribution is -2.33. The van der Waals surface area contributed by atoms with E-state index in [2.05, 4.69) is 26.6 Å². The molecule has 0 fully saturated rings. The maximum absolute atomic E-state index is 8.89. The van der Waals surface area contributed by atoms with Crippen LogP contribution in [0.25, 0.3) is 0 Å². The third kappa shape index (κ3) is 2.13. The van der Waals surface area contributed by atoms with Crippen LogP contribution in [0.4, 0.5) is 0 Å². The molecule has 1 aromatic carbocycles. The fourth-order valence-electron chi connectivity index (χ4n) is 2.36. The van der Waals surface area contributed by atoms with Gasteiger partial charge in [0, 0.05) is 32.0 Å². The summed E-state index contributed by atoms with van der Waals surface area (Å²) in [6.07, 6.45) is 3.89. The lowest BCUT2D eigenvalue weighted by molar-refractivity contribution is 0.209. The minimum absolute atomic E-state index is 0.728. The standard InChI is InChI=1S/C14H14N4/c15-9-12-2-1-3-13(8-12)10-17-6-7-18-5-4-16-14(18)11-17/h1-5,8H,6-7,10-11H2. The van der Waals surface area contributed by atoms with E-state index in [-0.39, 0.29) is 0 Å². The van der Waals surface area contributed by atoms with Crippen LogP contribution in [0, 0.1) is 11.3 Å². The molecule has 1 aliphatic heterocycles. The topological polar surface area (TPSA) is 44.9 Å². The zero-order valence-electron chi connectivity index (χ0n) is 10.1. The molecule has 1 aliphatic rings. The van der Waals surface area contributed by atoms with Crippen LogP contribution in [-0.4, -0.2) is 21.0 Å². The summed E-state index contributed by atoms with van der Waals surface area (Å²) in [4.78, 5) is 6.71. The Labute approximate surface area is 106 Å². The first-order valence-corrected chi connectivity index (χ1v) is 6.06. The fraction of sp³-hybridized carbons (Fsp3) is 0.286. The molecule has 0 spiro atoms. The van der Waals surface area contributed by atoms with Crippen LogP contribution < -0.4 is 0 Å². The van der Waals surface area contributed by atoms with Crippen LogP contribution in [-0.2, 0) is 19.6 Å². The van der Waals surface area contributed by atoms with Gasteiger partial charge in [-0.05, 0) is 17.7 Å². The molecule has 0 saturated carbocycles. The van der Waals surface area contributed by atoms with Crippen LogP contribution in [0.1, 0.15) is 17.0 Å². The third-order valence-corrected chi connectivity index (χ3v) is 3.29. The second-order valence-corrected chi connectivity index (χ2v) is 4.56. The Morgan fingerprint density at radius 2 is 2.28 bits per heavy atom. The van der Waals surface area contributed by atoms with Crippen molar-refractivity contribution in [3.05, 3.63) is 53.6 Å². The van der Waals surface area contributed by atoms with Gasteiger partial charge >= 0.3 is 0 Å². The first-order valence-electron chi connectivity index (χ1n) is 6.06. The summed E-state index contributed by atoms with van der Waals surface area (Å²) in [6.45, 7) is 3.78. The van der Waals surface area contributed by atoms with E-state index in [1.807, 2.05) is 30.6 Å². The zero-order chi connectivity index (χ0) is 12.4. The molecule has 0 aliphatic carbocycles. The smallest absolute Gasteiger partial charge is 0.122 e. The van der Waals surface area contributed by atoms with E-state index in [0.29, 0.717) is 0 Å². The molecule has 90 valence electrons. The second-order valence-electron chi connectivity index (χ2n) is 4.56. The average molecular weight is 238 g/mol. The SMILES string of the molecule is N#Cc1cccc(CN2CCn3ccnc3C2)c1. The normalized spacial score (nSPS) is 15.1. The van der Waals surface area contributed by atoms with Gasteiger partial charge in [-0.25, -0.2) is 4.98 Å². The van der Waals surface area contributed by atoms with Crippen molar-refractivity contribution in [3.63, 3.8) is 0 Å². The van der Waals surface area contributed by atoms with Crippen molar-refractivity contribution in [1.29, 1.82) is 5.26 Å². The molecule has 4 nitrogen and oxygen atoms in total. The van der Waals surface area contributed by atoms with Crippen molar-refractivity contribution in [1.82, 2.24) is 14.5 Å². The van der Waals surface area contributed by atoms with Gasteiger partial charge < -0.3 is 4.57 Å². The number of fused-ring (bicyclic) bond motifs is 1. The van der Waals surface area contributed by atoms with Gasteiger partial charge in [-0.3, -0.25) is 4.90 Å². The maximum Gasteiger partial charge on any atom is 0.122 e. The molecule has 2 aromatic rings. The van der Waals surface area contributed by atoms with Crippen LogP contribution in [0.5, 0.6) is 0 Å². The van der Waals surface area contributed by atoms with E-state index in [4.69, 9.17) is 5.26 Å². The molecule has 0 bridgehead atoms. The number of aromatic nitrogens is 2. The Kier molecular flexibility index (Phi) is 2.83. The molecule has 0 radical (unpaired) electrons. The van der Waals surface area contributed by atoms with Gasteiger partial charge in [0.25, 0.3) is 0 Å². The molecule has 2 heterocycles. The fourth-order valence-corrected chi connectivity index (χ4v) is 2.36.